The van der Waals surface area contributed by atoms with Crippen LogP contribution in [0, 0.1) is 6.92 Å². The maximum Gasteiger partial charge on any atom is 0.264 e. The van der Waals surface area contributed by atoms with Crippen molar-refractivity contribution in [2.45, 2.75) is 69.5 Å². The van der Waals surface area contributed by atoms with Crippen LogP contribution in [0.4, 0.5) is 5.69 Å². The standard InChI is InChI=1S/C31H35Cl2N3O4S/c1-22-8-6-9-24(18-22)20-35(23(2)31(38)34-27-11-4-3-5-12-27)30(37)21-36(28-13-7-10-26(33)19-28)41(39,40)29-16-14-25(32)15-17-29/h6-10,13-19,23,27H,3-5,11-12,20-21H2,1-2H3,(H,34,38). The highest BCUT2D eigenvalue weighted by Crippen LogP contribution is 2.28. The molecule has 1 unspecified atom stereocenters. The normalized spacial score (nSPS) is 14.7. The van der Waals surface area contributed by atoms with Crippen molar-refractivity contribution in [3.8, 4) is 0 Å². The number of halogens is 2. The average Bonchev–Trinajstić information content (AvgIpc) is 2.95. The molecule has 0 heterocycles. The molecule has 0 bridgehead atoms. The van der Waals surface area contributed by atoms with Crippen LogP contribution in [0.3, 0.4) is 0 Å². The molecule has 218 valence electrons. The van der Waals surface area contributed by atoms with Crippen LogP contribution >= 0.6 is 23.2 Å². The molecule has 1 aliphatic rings. The molecule has 41 heavy (non-hydrogen) atoms. The highest BCUT2D eigenvalue weighted by atomic mass is 35.5. The quantitative estimate of drug-likeness (QED) is 0.287. The molecule has 3 aromatic carbocycles. The molecule has 0 spiro atoms. The molecule has 0 radical (unpaired) electrons. The predicted molar refractivity (Wildman–Crippen MR) is 164 cm³/mol. The smallest absolute Gasteiger partial charge is 0.264 e. The van der Waals surface area contributed by atoms with Gasteiger partial charge < -0.3 is 10.2 Å². The van der Waals surface area contributed by atoms with Crippen molar-refractivity contribution in [2.75, 3.05) is 10.8 Å². The predicted octanol–water partition coefficient (Wildman–Crippen LogP) is 6.36. The zero-order valence-corrected chi connectivity index (χ0v) is 25.6. The Labute approximate surface area is 252 Å². The van der Waals surface area contributed by atoms with Crippen LogP contribution in [-0.4, -0.2) is 43.8 Å². The Morgan fingerprint density at radius 2 is 1.61 bits per heavy atom. The molecule has 1 fully saturated rings. The lowest BCUT2D eigenvalue weighted by Crippen LogP contribution is -2.53. The van der Waals surface area contributed by atoms with E-state index in [0.29, 0.717) is 10.0 Å². The van der Waals surface area contributed by atoms with E-state index >= 15 is 0 Å². The SMILES string of the molecule is Cc1cccc(CN(C(=O)CN(c2cccc(Cl)c2)S(=O)(=O)c2ccc(Cl)cc2)C(C)C(=O)NC2CCCCC2)c1. The lowest BCUT2D eigenvalue weighted by molar-refractivity contribution is -0.139. The summed E-state index contributed by atoms with van der Waals surface area (Å²) in [5.41, 5.74) is 2.08. The number of benzene rings is 3. The van der Waals surface area contributed by atoms with Gasteiger partial charge in [-0.15, -0.1) is 0 Å². The molecule has 3 aromatic rings. The molecule has 2 amide bonds. The first-order chi connectivity index (χ1) is 19.5. The van der Waals surface area contributed by atoms with Crippen LogP contribution in [0.5, 0.6) is 0 Å². The number of nitrogens with zero attached hydrogens (tertiary/aromatic N) is 2. The number of anilines is 1. The van der Waals surface area contributed by atoms with Crippen molar-refractivity contribution in [2.24, 2.45) is 0 Å². The van der Waals surface area contributed by atoms with E-state index < -0.39 is 28.5 Å². The van der Waals surface area contributed by atoms with Gasteiger partial charge in [-0.2, -0.15) is 0 Å². The average molecular weight is 617 g/mol. The Hall–Kier alpha value is -3.07. The highest BCUT2D eigenvalue weighted by Gasteiger charge is 2.33. The third-order valence-electron chi connectivity index (χ3n) is 7.33. The maximum atomic E-state index is 14.1. The Morgan fingerprint density at radius 3 is 2.27 bits per heavy atom. The molecule has 0 aromatic heterocycles. The van der Waals surface area contributed by atoms with Gasteiger partial charge >= 0.3 is 0 Å². The van der Waals surface area contributed by atoms with Crippen molar-refractivity contribution >= 4 is 50.7 Å². The minimum atomic E-state index is -4.20. The topological polar surface area (TPSA) is 86.8 Å². The number of rotatable bonds is 10. The van der Waals surface area contributed by atoms with Crippen molar-refractivity contribution < 1.29 is 18.0 Å². The van der Waals surface area contributed by atoms with E-state index in [9.17, 15) is 18.0 Å². The van der Waals surface area contributed by atoms with Crippen LogP contribution in [0.1, 0.15) is 50.2 Å². The third kappa shape index (κ3) is 8.03. The van der Waals surface area contributed by atoms with E-state index in [1.165, 1.54) is 35.2 Å². The summed E-state index contributed by atoms with van der Waals surface area (Å²) < 4.78 is 28.8. The van der Waals surface area contributed by atoms with Gasteiger partial charge in [0.1, 0.15) is 12.6 Å². The summed E-state index contributed by atoms with van der Waals surface area (Å²) in [6, 6.07) is 19.0. The molecule has 1 atom stereocenters. The van der Waals surface area contributed by atoms with Gasteiger partial charge in [-0.05, 0) is 74.7 Å². The van der Waals surface area contributed by atoms with Crippen molar-refractivity contribution in [1.82, 2.24) is 10.2 Å². The molecule has 1 N–H and O–H groups in total. The lowest BCUT2D eigenvalue weighted by Gasteiger charge is -2.33. The molecule has 4 rings (SSSR count). The van der Waals surface area contributed by atoms with Gasteiger partial charge in [0.2, 0.25) is 11.8 Å². The van der Waals surface area contributed by atoms with Gasteiger partial charge in [-0.1, -0.05) is 78.4 Å². The maximum absolute atomic E-state index is 14.1. The van der Waals surface area contributed by atoms with Gasteiger partial charge in [0, 0.05) is 22.6 Å². The van der Waals surface area contributed by atoms with E-state index in [-0.39, 0.29) is 29.1 Å². The Bertz CT molecular complexity index is 1470. The summed E-state index contributed by atoms with van der Waals surface area (Å²) >= 11 is 12.2. The number of amides is 2. The van der Waals surface area contributed by atoms with Crippen LogP contribution in [-0.2, 0) is 26.2 Å². The zero-order valence-electron chi connectivity index (χ0n) is 23.2. The lowest BCUT2D eigenvalue weighted by atomic mass is 9.95. The van der Waals surface area contributed by atoms with Gasteiger partial charge in [-0.25, -0.2) is 8.42 Å². The van der Waals surface area contributed by atoms with Crippen LogP contribution < -0.4 is 9.62 Å². The fourth-order valence-corrected chi connectivity index (χ4v) is 6.77. The van der Waals surface area contributed by atoms with Crippen LogP contribution in [0.25, 0.3) is 0 Å². The third-order valence-corrected chi connectivity index (χ3v) is 9.61. The summed E-state index contributed by atoms with van der Waals surface area (Å²) in [5, 5.41) is 3.82. The zero-order chi connectivity index (χ0) is 29.6. The molecule has 10 heteroatoms. The Morgan fingerprint density at radius 1 is 0.927 bits per heavy atom. The molecule has 1 aliphatic carbocycles. The van der Waals surface area contributed by atoms with Crippen molar-refractivity contribution in [3.63, 3.8) is 0 Å². The van der Waals surface area contributed by atoms with Gasteiger partial charge in [0.05, 0.1) is 10.6 Å². The first-order valence-corrected chi connectivity index (χ1v) is 15.9. The Balaban J connectivity index is 1.68. The second-order valence-electron chi connectivity index (χ2n) is 10.5. The number of hydrogen-bond donors (Lipinski definition) is 1. The minimum Gasteiger partial charge on any atom is -0.352 e. The van der Waals surface area contributed by atoms with Gasteiger partial charge in [0.15, 0.2) is 0 Å². The fourth-order valence-electron chi connectivity index (χ4n) is 5.05. The summed E-state index contributed by atoms with van der Waals surface area (Å²) in [5.74, 6) is -0.775. The first-order valence-electron chi connectivity index (χ1n) is 13.7. The monoisotopic (exact) mass is 615 g/mol. The van der Waals surface area contributed by atoms with E-state index in [1.54, 1.807) is 25.1 Å². The summed E-state index contributed by atoms with van der Waals surface area (Å²) in [7, 11) is -4.20. The van der Waals surface area contributed by atoms with Crippen LogP contribution in [0.15, 0.2) is 77.7 Å². The second kappa shape index (κ2) is 13.7. The molecule has 0 saturated heterocycles. The number of sulfonamides is 1. The van der Waals surface area contributed by atoms with Crippen molar-refractivity contribution in [1.29, 1.82) is 0 Å². The van der Waals surface area contributed by atoms with E-state index in [2.05, 4.69) is 5.32 Å². The van der Waals surface area contributed by atoms with Crippen molar-refractivity contribution in [3.05, 3.63) is 94.0 Å². The summed E-state index contributed by atoms with van der Waals surface area (Å²) in [4.78, 5) is 28.9. The number of carbonyl (C=O) groups is 2. The van der Waals surface area contributed by atoms with E-state index in [0.717, 1.165) is 47.5 Å². The summed E-state index contributed by atoms with van der Waals surface area (Å²) in [6.07, 6.45) is 5.09. The number of carbonyl (C=O) groups excluding carboxylic acids is 2. The Kier molecular flexibility index (Phi) is 10.3. The second-order valence-corrected chi connectivity index (χ2v) is 13.2. The molecular weight excluding hydrogens is 581 g/mol. The highest BCUT2D eigenvalue weighted by molar-refractivity contribution is 7.92. The summed E-state index contributed by atoms with van der Waals surface area (Å²) in [6.45, 7) is 3.25. The number of aryl methyl sites for hydroxylation is 1. The molecule has 7 nitrogen and oxygen atoms in total. The van der Waals surface area contributed by atoms with Crippen LogP contribution in [0.2, 0.25) is 10.0 Å². The first kappa shape index (κ1) is 30.9. The largest absolute Gasteiger partial charge is 0.352 e. The minimum absolute atomic E-state index is 0.0250. The van der Waals surface area contributed by atoms with E-state index in [4.69, 9.17) is 23.2 Å². The number of hydrogen-bond acceptors (Lipinski definition) is 4. The molecule has 1 saturated carbocycles. The molecule has 0 aliphatic heterocycles. The molecular formula is C31H35Cl2N3O4S. The fraction of sp³-hybridized carbons (Fsp3) is 0.355. The van der Waals surface area contributed by atoms with Gasteiger partial charge in [0.25, 0.3) is 10.0 Å². The van der Waals surface area contributed by atoms with E-state index in [1.807, 2.05) is 31.2 Å². The van der Waals surface area contributed by atoms with Gasteiger partial charge in [-0.3, -0.25) is 13.9 Å². The number of nitrogens with one attached hydrogen (secondary N) is 1.